The monoisotopic (exact) mass is 372 g/mol. The summed E-state index contributed by atoms with van der Waals surface area (Å²) >= 11 is 0. The maximum atomic E-state index is 10.8. The number of benzene rings is 1. The summed E-state index contributed by atoms with van der Waals surface area (Å²) < 4.78 is 11.9. The molecule has 1 amide bonds. The molecule has 2 heterocycles. The molecule has 27 heavy (non-hydrogen) atoms. The average Bonchev–Trinajstić information content (AvgIpc) is 3.32. The molecule has 0 radical (unpaired) electrons. The summed E-state index contributed by atoms with van der Waals surface area (Å²) in [6.07, 6.45) is 3.05. The van der Waals surface area contributed by atoms with Crippen molar-refractivity contribution in [1.82, 2.24) is 19.9 Å². The number of amides is 1. The van der Waals surface area contributed by atoms with Gasteiger partial charge in [0.15, 0.2) is 6.61 Å². The largest absolute Gasteiger partial charge is 0.484 e. The van der Waals surface area contributed by atoms with Crippen LogP contribution in [0.2, 0.25) is 0 Å². The van der Waals surface area contributed by atoms with Crippen LogP contribution in [0.15, 0.2) is 41.2 Å². The first-order valence-corrected chi connectivity index (χ1v) is 8.01. The normalized spacial score (nSPS) is 11.9. The third-order valence-electron chi connectivity index (χ3n) is 3.73. The van der Waals surface area contributed by atoms with Gasteiger partial charge in [-0.1, -0.05) is 12.1 Å². The standard InChI is InChI=1S/C16H16N6O5/c1-2-13(21-8-11(7-18-21)22(24)25)16-19-15(20-27-16)10-3-5-12(6-4-10)26-9-14(17)23/h3-8,13H,2,9H2,1H3,(H2,17,23). The molecule has 0 spiro atoms. The molecule has 0 aliphatic carbocycles. The highest BCUT2D eigenvalue weighted by molar-refractivity contribution is 5.75. The number of nitro groups is 1. The van der Waals surface area contributed by atoms with Crippen molar-refractivity contribution < 1.29 is 19.0 Å². The fourth-order valence-electron chi connectivity index (χ4n) is 2.41. The molecule has 11 heteroatoms. The molecule has 2 N–H and O–H groups in total. The Hall–Kier alpha value is -3.76. The molecule has 140 valence electrons. The second-order valence-corrected chi connectivity index (χ2v) is 5.60. The highest BCUT2D eigenvalue weighted by Gasteiger charge is 2.22. The lowest BCUT2D eigenvalue weighted by atomic mass is 10.2. The minimum atomic E-state index is -0.564. The van der Waals surface area contributed by atoms with Gasteiger partial charge in [0, 0.05) is 5.56 Å². The van der Waals surface area contributed by atoms with Crippen LogP contribution in [0.4, 0.5) is 5.69 Å². The average molecular weight is 372 g/mol. The molecule has 0 aliphatic rings. The van der Waals surface area contributed by atoms with Crippen molar-refractivity contribution in [2.24, 2.45) is 5.73 Å². The Balaban J connectivity index is 1.78. The topological polar surface area (TPSA) is 152 Å². The van der Waals surface area contributed by atoms with Gasteiger partial charge in [0.25, 0.3) is 11.8 Å². The summed E-state index contributed by atoms with van der Waals surface area (Å²) in [4.78, 5) is 25.4. The molecule has 11 nitrogen and oxygen atoms in total. The fraction of sp³-hybridized carbons (Fsp3) is 0.250. The summed E-state index contributed by atoms with van der Waals surface area (Å²) in [5, 5.41) is 18.8. The van der Waals surface area contributed by atoms with Gasteiger partial charge in [-0.2, -0.15) is 10.1 Å². The third-order valence-corrected chi connectivity index (χ3v) is 3.73. The first-order chi connectivity index (χ1) is 13.0. The molecule has 0 fully saturated rings. The Morgan fingerprint density at radius 3 is 2.74 bits per heavy atom. The number of hydrogen-bond donors (Lipinski definition) is 1. The number of rotatable bonds is 8. The Morgan fingerprint density at radius 1 is 1.41 bits per heavy atom. The minimum Gasteiger partial charge on any atom is -0.484 e. The predicted molar refractivity (Wildman–Crippen MR) is 91.7 cm³/mol. The molecular weight excluding hydrogens is 356 g/mol. The first-order valence-electron chi connectivity index (χ1n) is 8.01. The van der Waals surface area contributed by atoms with E-state index in [-0.39, 0.29) is 12.3 Å². The molecule has 0 saturated heterocycles. The maximum absolute atomic E-state index is 10.8. The lowest BCUT2D eigenvalue weighted by Crippen LogP contribution is -2.19. The number of carbonyl (C=O) groups excluding carboxylic acids is 1. The van der Waals surface area contributed by atoms with Crippen molar-refractivity contribution in [3.05, 3.63) is 52.7 Å². The molecule has 1 atom stereocenters. The number of nitrogens with zero attached hydrogens (tertiary/aromatic N) is 5. The Labute approximate surface area is 152 Å². The lowest BCUT2D eigenvalue weighted by Gasteiger charge is -2.09. The molecule has 3 rings (SSSR count). The molecule has 0 aliphatic heterocycles. The van der Waals surface area contributed by atoms with Crippen LogP contribution in [0.3, 0.4) is 0 Å². The summed E-state index contributed by atoms with van der Waals surface area (Å²) in [7, 11) is 0. The zero-order chi connectivity index (χ0) is 19.4. The van der Waals surface area contributed by atoms with Crippen LogP contribution in [0.25, 0.3) is 11.4 Å². The van der Waals surface area contributed by atoms with E-state index in [1.165, 1.54) is 17.1 Å². The summed E-state index contributed by atoms with van der Waals surface area (Å²) in [5.41, 5.74) is 5.60. The van der Waals surface area contributed by atoms with Gasteiger partial charge in [-0.15, -0.1) is 0 Å². The Kier molecular flexibility index (Phi) is 5.11. The van der Waals surface area contributed by atoms with E-state index in [0.717, 1.165) is 0 Å². The maximum Gasteiger partial charge on any atom is 0.307 e. The van der Waals surface area contributed by atoms with Gasteiger partial charge in [-0.05, 0) is 30.7 Å². The second kappa shape index (κ2) is 7.64. The highest BCUT2D eigenvalue weighted by atomic mass is 16.6. The van der Waals surface area contributed by atoms with Gasteiger partial charge in [0.1, 0.15) is 24.2 Å². The molecule has 0 saturated carbocycles. The lowest BCUT2D eigenvalue weighted by molar-refractivity contribution is -0.385. The molecule has 1 aromatic carbocycles. The number of hydrogen-bond acceptors (Lipinski definition) is 8. The van der Waals surface area contributed by atoms with E-state index in [9.17, 15) is 14.9 Å². The van der Waals surface area contributed by atoms with E-state index in [1.807, 2.05) is 6.92 Å². The van der Waals surface area contributed by atoms with E-state index in [4.69, 9.17) is 15.0 Å². The Bertz CT molecular complexity index is 948. The molecule has 0 bridgehead atoms. The highest BCUT2D eigenvalue weighted by Crippen LogP contribution is 2.25. The summed E-state index contributed by atoms with van der Waals surface area (Å²) in [6.45, 7) is 1.67. The number of carbonyl (C=O) groups is 1. The van der Waals surface area contributed by atoms with Gasteiger partial charge in [-0.3, -0.25) is 19.6 Å². The minimum absolute atomic E-state index is 0.111. The molecule has 2 aromatic heterocycles. The zero-order valence-electron chi connectivity index (χ0n) is 14.3. The fourth-order valence-corrected chi connectivity index (χ4v) is 2.41. The van der Waals surface area contributed by atoms with Crippen LogP contribution in [-0.4, -0.2) is 37.4 Å². The van der Waals surface area contributed by atoms with Crippen molar-refractivity contribution in [2.75, 3.05) is 6.61 Å². The quantitative estimate of drug-likeness (QED) is 0.463. The van der Waals surface area contributed by atoms with Crippen molar-refractivity contribution in [3.8, 4) is 17.1 Å². The number of primary amides is 1. The van der Waals surface area contributed by atoms with E-state index in [1.54, 1.807) is 24.3 Å². The van der Waals surface area contributed by atoms with Crippen LogP contribution in [0.5, 0.6) is 5.75 Å². The number of nitrogens with two attached hydrogens (primary N) is 1. The van der Waals surface area contributed by atoms with Crippen molar-refractivity contribution >= 4 is 11.6 Å². The van der Waals surface area contributed by atoms with Crippen LogP contribution in [-0.2, 0) is 4.79 Å². The van der Waals surface area contributed by atoms with Gasteiger partial charge in [0.05, 0.1) is 4.92 Å². The van der Waals surface area contributed by atoms with E-state index in [0.29, 0.717) is 29.4 Å². The van der Waals surface area contributed by atoms with Gasteiger partial charge >= 0.3 is 5.69 Å². The predicted octanol–water partition coefficient (Wildman–Crippen LogP) is 1.70. The first kappa shape index (κ1) is 18.0. The second-order valence-electron chi connectivity index (χ2n) is 5.60. The van der Waals surface area contributed by atoms with Crippen molar-refractivity contribution in [3.63, 3.8) is 0 Å². The Morgan fingerprint density at radius 2 is 2.15 bits per heavy atom. The zero-order valence-corrected chi connectivity index (χ0v) is 14.3. The van der Waals surface area contributed by atoms with E-state index >= 15 is 0 Å². The molecular formula is C16H16N6O5. The number of aromatic nitrogens is 4. The van der Waals surface area contributed by atoms with Crippen LogP contribution >= 0.6 is 0 Å². The van der Waals surface area contributed by atoms with Crippen molar-refractivity contribution in [2.45, 2.75) is 19.4 Å². The third kappa shape index (κ3) is 4.08. The van der Waals surface area contributed by atoms with Gasteiger partial charge in [-0.25, -0.2) is 0 Å². The summed E-state index contributed by atoms with van der Waals surface area (Å²) in [6, 6.07) is 6.32. The van der Waals surface area contributed by atoms with Crippen LogP contribution in [0, 0.1) is 10.1 Å². The van der Waals surface area contributed by atoms with Crippen molar-refractivity contribution in [1.29, 1.82) is 0 Å². The molecule has 3 aromatic rings. The van der Waals surface area contributed by atoms with E-state index in [2.05, 4.69) is 15.2 Å². The van der Waals surface area contributed by atoms with Crippen LogP contribution in [0.1, 0.15) is 25.3 Å². The van der Waals surface area contributed by atoms with Gasteiger partial charge < -0.3 is 15.0 Å². The molecule has 1 unspecified atom stereocenters. The summed E-state index contributed by atoms with van der Waals surface area (Å²) in [5.74, 6) is 0.564. The van der Waals surface area contributed by atoms with E-state index < -0.39 is 16.9 Å². The SMILES string of the molecule is CCC(c1nc(-c2ccc(OCC(N)=O)cc2)no1)n1cc([N+](=O)[O-])cn1. The smallest absolute Gasteiger partial charge is 0.307 e. The van der Waals surface area contributed by atoms with Gasteiger partial charge in [0.2, 0.25) is 5.82 Å². The number of ether oxygens (including phenoxy) is 1. The van der Waals surface area contributed by atoms with Crippen LogP contribution < -0.4 is 10.5 Å².